The Balaban J connectivity index is 2.55. The van der Waals surface area contributed by atoms with E-state index in [0.717, 1.165) is 17.5 Å². The molecule has 0 N–H and O–H groups in total. The number of benzene rings is 1. The zero-order valence-electron chi connectivity index (χ0n) is 6.89. The molecule has 0 spiro atoms. The number of aryl methyl sites for hydroxylation is 1. The van der Waals surface area contributed by atoms with Crippen LogP contribution in [0, 0.1) is 0 Å². The van der Waals surface area contributed by atoms with Crippen LogP contribution >= 0.6 is 23.2 Å². The van der Waals surface area contributed by atoms with Crippen LogP contribution in [0.25, 0.3) is 0 Å². The fourth-order valence-corrected chi connectivity index (χ4v) is 2.25. The molecule has 1 aliphatic carbocycles. The van der Waals surface area contributed by atoms with Crippen LogP contribution in [0.15, 0.2) is 24.3 Å². The maximum atomic E-state index is 11.2. The summed E-state index contributed by atoms with van der Waals surface area (Å²) in [6.45, 7) is 0. The molecule has 2 rings (SSSR count). The van der Waals surface area contributed by atoms with Gasteiger partial charge in [0.05, 0.1) is 0 Å². The lowest BCUT2D eigenvalue weighted by Crippen LogP contribution is -2.22. The molecule has 0 heterocycles. The molecule has 1 nitrogen and oxygen atoms in total. The van der Waals surface area contributed by atoms with E-state index in [0.29, 0.717) is 6.42 Å². The number of alkyl halides is 1. The Morgan fingerprint density at radius 2 is 2.08 bits per heavy atom. The first-order chi connectivity index (χ1) is 6.14. The molecule has 1 unspecified atom stereocenters. The summed E-state index contributed by atoms with van der Waals surface area (Å²) in [5.74, 6) is 0. The third kappa shape index (κ3) is 1.27. The zero-order chi connectivity index (χ0) is 9.47. The maximum absolute atomic E-state index is 11.2. The second-order valence-electron chi connectivity index (χ2n) is 3.23. The van der Waals surface area contributed by atoms with Gasteiger partial charge in [0.15, 0.2) is 0 Å². The van der Waals surface area contributed by atoms with Gasteiger partial charge < -0.3 is 0 Å². The summed E-state index contributed by atoms with van der Waals surface area (Å²) in [5.41, 5.74) is 2.00. The Morgan fingerprint density at radius 1 is 1.38 bits per heavy atom. The molecule has 1 atom stereocenters. The maximum Gasteiger partial charge on any atom is 0.247 e. The van der Waals surface area contributed by atoms with Crippen molar-refractivity contribution < 1.29 is 4.79 Å². The number of hydrogen-bond donors (Lipinski definition) is 0. The molecule has 0 saturated carbocycles. The fraction of sp³-hybridized carbons (Fsp3) is 0.300. The van der Waals surface area contributed by atoms with Gasteiger partial charge in [-0.2, -0.15) is 0 Å². The van der Waals surface area contributed by atoms with Gasteiger partial charge in [0.1, 0.15) is 4.87 Å². The first-order valence-electron chi connectivity index (χ1n) is 4.12. The number of halogens is 2. The van der Waals surface area contributed by atoms with Crippen molar-refractivity contribution >= 4 is 28.4 Å². The van der Waals surface area contributed by atoms with Crippen molar-refractivity contribution in [2.45, 2.75) is 17.7 Å². The molecule has 0 radical (unpaired) electrons. The molecule has 0 bridgehead atoms. The van der Waals surface area contributed by atoms with E-state index in [1.807, 2.05) is 24.3 Å². The minimum absolute atomic E-state index is 0.473. The van der Waals surface area contributed by atoms with E-state index in [-0.39, 0.29) is 0 Å². The Bertz CT molecular complexity index is 362. The lowest BCUT2D eigenvalue weighted by atomic mass is 10.0. The zero-order valence-corrected chi connectivity index (χ0v) is 8.40. The fourth-order valence-electron chi connectivity index (χ4n) is 1.77. The molecule has 0 aromatic heterocycles. The van der Waals surface area contributed by atoms with Crippen molar-refractivity contribution in [3.63, 3.8) is 0 Å². The summed E-state index contributed by atoms with van der Waals surface area (Å²) in [4.78, 5) is 10.2. The molecule has 1 aromatic rings. The van der Waals surface area contributed by atoms with E-state index < -0.39 is 10.1 Å². The summed E-state index contributed by atoms with van der Waals surface area (Å²) in [5, 5.41) is -0.473. The normalized spacial score (nSPS) is 25.7. The van der Waals surface area contributed by atoms with Gasteiger partial charge in [-0.1, -0.05) is 24.3 Å². The highest BCUT2D eigenvalue weighted by Gasteiger charge is 2.42. The Kier molecular flexibility index (Phi) is 2.09. The Labute approximate surface area is 86.7 Å². The standard InChI is InChI=1S/C10H8Cl2O/c11-9(13)10(12)6-5-7-3-1-2-4-8(7)10/h1-4H,5-6H2. The molecular weight excluding hydrogens is 207 g/mol. The summed E-state index contributed by atoms with van der Waals surface area (Å²) in [7, 11) is 0. The molecule has 0 fully saturated rings. The van der Waals surface area contributed by atoms with Crippen molar-refractivity contribution in [1.82, 2.24) is 0 Å². The van der Waals surface area contributed by atoms with E-state index in [4.69, 9.17) is 23.2 Å². The van der Waals surface area contributed by atoms with Crippen molar-refractivity contribution in [1.29, 1.82) is 0 Å². The molecular formula is C10H8Cl2O. The van der Waals surface area contributed by atoms with Gasteiger partial charge in [-0.05, 0) is 35.6 Å². The number of hydrogen-bond acceptors (Lipinski definition) is 1. The van der Waals surface area contributed by atoms with Crippen LogP contribution in [-0.2, 0) is 16.1 Å². The van der Waals surface area contributed by atoms with Gasteiger partial charge >= 0.3 is 0 Å². The molecule has 1 aromatic carbocycles. The number of rotatable bonds is 1. The van der Waals surface area contributed by atoms with E-state index in [2.05, 4.69) is 0 Å². The lowest BCUT2D eigenvalue weighted by Gasteiger charge is -2.16. The Morgan fingerprint density at radius 3 is 2.77 bits per heavy atom. The summed E-state index contributed by atoms with van der Waals surface area (Å²) in [6.07, 6.45) is 1.44. The second-order valence-corrected chi connectivity index (χ2v) is 4.22. The number of fused-ring (bicyclic) bond motifs is 1. The van der Waals surface area contributed by atoms with Gasteiger partial charge in [-0.3, -0.25) is 4.79 Å². The van der Waals surface area contributed by atoms with Gasteiger partial charge in [0.25, 0.3) is 0 Å². The van der Waals surface area contributed by atoms with Crippen LogP contribution in [-0.4, -0.2) is 5.24 Å². The SMILES string of the molecule is O=C(Cl)C1(Cl)CCc2ccccc21. The third-order valence-corrected chi connectivity index (χ3v) is 3.48. The predicted octanol–water partition coefficient (Wildman–Crippen LogP) is 2.83. The second kappa shape index (κ2) is 3.00. The van der Waals surface area contributed by atoms with E-state index in [1.54, 1.807) is 0 Å². The minimum atomic E-state index is -0.974. The van der Waals surface area contributed by atoms with Crippen LogP contribution in [0.5, 0.6) is 0 Å². The van der Waals surface area contributed by atoms with Crippen molar-refractivity contribution in [2.75, 3.05) is 0 Å². The van der Waals surface area contributed by atoms with E-state index in [9.17, 15) is 4.79 Å². The topological polar surface area (TPSA) is 17.1 Å². The number of carbonyl (C=O) groups is 1. The van der Waals surface area contributed by atoms with Crippen molar-refractivity contribution in [3.8, 4) is 0 Å². The van der Waals surface area contributed by atoms with Gasteiger partial charge in [0.2, 0.25) is 5.24 Å². The van der Waals surface area contributed by atoms with Crippen LogP contribution < -0.4 is 0 Å². The molecule has 3 heteroatoms. The van der Waals surface area contributed by atoms with Crippen LogP contribution in [0.3, 0.4) is 0 Å². The highest BCUT2D eigenvalue weighted by molar-refractivity contribution is 6.70. The van der Waals surface area contributed by atoms with Crippen molar-refractivity contribution in [3.05, 3.63) is 35.4 Å². The first kappa shape index (κ1) is 9.04. The summed E-state index contributed by atoms with van der Waals surface area (Å²) in [6, 6.07) is 7.68. The van der Waals surface area contributed by atoms with Crippen molar-refractivity contribution in [2.24, 2.45) is 0 Å². The van der Waals surface area contributed by atoms with Gasteiger partial charge in [-0.15, -0.1) is 11.6 Å². The first-order valence-corrected chi connectivity index (χ1v) is 4.87. The molecule has 0 amide bonds. The van der Waals surface area contributed by atoms with Crippen LogP contribution in [0.4, 0.5) is 0 Å². The average Bonchev–Trinajstić information content (AvgIpc) is 2.47. The molecule has 1 aliphatic rings. The highest BCUT2D eigenvalue weighted by Crippen LogP contribution is 2.43. The lowest BCUT2D eigenvalue weighted by molar-refractivity contribution is -0.114. The predicted molar refractivity (Wildman–Crippen MR) is 53.2 cm³/mol. The molecule has 0 aliphatic heterocycles. The van der Waals surface area contributed by atoms with E-state index >= 15 is 0 Å². The summed E-state index contributed by atoms with van der Waals surface area (Å²) < 4.78 is 0. The third-order valence-electron chi connectivity index (χ3n) is 2.49. The number of carbonyl (C=O) groups excluding carboxylic acids is 1. The molecule has 68 valence electrons. The van der Waals surface area contributed by atoms with Gasteiger partial charge in [-0.25, -0.2) is 0 Å². The average molecular weight is 215 g/mol. The van der Waals surface area contributed by atoms with Gasteiger partial charge in [0, 0.05) is 0 Å². The minimum Gasteiger partial charge on any atom is -0.279 e. The largest absolute Gasteiger partial charge is 0.279 e. The smallest absolute Gasteiger partial charge is 0.247 e. The van der Waals surface area contributed by atoms with Crippen LogP contribution in [0.1, 0.15) is 17.5 Å². The molecule has 13 heavy (non-hydrogen) atoms. The molecule has 0 saturated heterocycles. The van der Waals surface area contributed by atoms with E-state index in [1.165, 1.54) is 0 Å². The highest BCUT2D eigenvalue weighted by atomic mass is 35.5. The monoisotopic (exact) mass is 214 g/mol. The summed E-state index contributed by atoms with van der Waals surface area (Å²) >= 11 is 11.6. The Hall–Kier alpha value is -0.530. The van der Waals surface area contributed by atoms with Crippen LogP contribution in [0.2, 0.25) is 0 Å². The quantitative estimate of drug-likeness (QED) is 0.520.